The summed E-state index contributed by atoms with van der Waals surface area (Å²) in [7, 11) is 1.89. The van der Waals surface area contributed by atoms with Crippen LogP contribution in [0.2, 0.25) is 0 Å². The molecule has 0 spiro atoms. The van der Waals surface area contributed by atoms with Gasteiger partial charge in [0.2, 0.25) is 0 Å². The van der Waals surface area contributed by atoms with Crippen LogP contribution in [0.1, 0.15) is 5.56 Å². The van der Waals surface area contributed by atoms with Crippen LogP contribution in [0.3, 0.4) is 0 Å². The molecule has 0 saturated heterocycles. The number of hydrogen-bond donors (Lipinski definition) is 1. The maximum absolute atomic E-state index is 6.16. The molecule has 0 aliphatic carbocycles. The van der Waals surface area contributed by atoms with Crippen molar-refractivity contribution in [3.63, 3.8) is 0 Å². The maximum atomic E-state index is 6.16. The molecule has 0 amide bonds. The van der Waals surface area contributed by atoms with E-state index in [-0.39, 0.29) is 0 Å². The van der Waals surface area contributed by atoms with Crippen molar-refractivity contribution < 1.29 is 0 Å². The van der Waals surface area contributed by atoms with Gasteiger partial charge in [-0.05, 0) is 29.3 Å². The molecule has 3 aromatic rings. The van der Waals surface area contributed by atoms with Crippen molar-refractivity contribution in [3.8, 4) is 21.7 Å². The molecular weight excluding hydrogens is 262 g/mol. The molecule has 0 bridgehead atoms. The molecule has 0 aliphatic heterocycles. The minimum Gasteiger partial charge on any atom is -0.383 e. The molecule has 2 N–H and O–H groups in total. The minimum atomic E-state index is 0.720. The van der Waals surface area contributed by atoms with E-state index in [2.05, 4.69) is 34.2 Å². The third-order valence-electron chi connectivity index (χ3n) is 2.97. The van der Waals surface area contributed by atoms with Crippen LogP contribution < -0.4 is 5.73 Å². The molecule has 18 heavy (non-hydrogen) atoms. The van der Waals surface area contributed by atoms with Gasteiger partial charge in [-0.3, -0.25) is 4.68 Å². The number of aryl methyl sites for hydroxylation is 2. The highest BCUT2D eigenvalue weighted by atomic mass is 32.1. The van der Waals surface area contributed by atoms with E-state index in [0.717, 1.165) is 17.1 Å². The Balaban J connectivity index is 2.28. The monoisotopic (exact) mass is 275 g/mol. The fraction of sp³-hybridized carbons (Fsp3) is 0.154. The standard InChI is InChI=1S/C13H13N3S2/c1-8-6-17-7-9(8)12-11(10-4-3-5-18-10)13(14)16(2)15-12/h3-7H,14H2,1-2H3. The van der Waals surface area contributed by atoms with Crippen molar-refractivity contribution in [2.75, 3.05) is 5.73 Å². The summed E-state index contributed by atoms with van der Waals surface area (Å²) in [6.45, 7) is 2.11. The highest BCUT2D eigenvalue weighted by Crippen LogP contribution is 2.40. The number of hydrogen-bond acceptors (Lipinski definition) is 4. The number of nitrogens with two attached hydrogens (primary N) is 1. The summed E-state index contributed by atoms with van der Waals surface area (Å²) in [4.78, 5) is 1.17. The summed E-state index contributed by atoms with van der Waals surface area (Å²) in [5, 5.41) is 10.9. The van der Waals surface area contributed by atoms with Gasteiger partial charge >= 0.3 is 0 Å². The van der Waals surface area contributed by atoms with Crippen LogP contribution in [0.15, 0.2) is 28.3 Å². The summed E-state index contributed by atoms with van der Waals surface area (Å²) in [5.74, 6) is 0.720. The van der Waals surface area contributed by atoms with Gasteiger partial charge in [-0.25, -0.2) is 0 Å². The number of anilines is 1. The van der Waals surface area contributed by atoms with Crippen LogP contribution in [0.4, 0.5) is 5.82 Å². The van der Waals surface area contributed by atoms with Crippen molar-refractivity contribution in [3.05, 3.63) is 33.8 Å². The molecule has 0 saturated carbocycles. The molecule has 3 heterocycles. The van der Waals surface area contributed by atoms with E-state index in [9.17, 15) is 0 Å². The molecule has 5 heteroatoms. The maximum Gasteiger partial charge on any atom is 0.130 e. The molecule has 0 aliphatic rings. The zero-order chi connectivity index (χ0) is 12.7. The number of aromatic nitrogens is 2. The fourth-order valence-electron chi connectivity index (χ4n) is 1.99. The summed E-state index contributed by atoms with van der Waals surface area (Å²) in [6.07, 6.45) is 0. The average Bonchev–Trinajstić information content (AvgIpc) is 3.02. The Kier molecular flexibility index (Phi) is 2.72. The molecule has 92 valence electrons. The van der Waals surface area contributed by atoms with Gasteiger partial charge in [0.05, 0.1) is 5.56 Å². The SMILES string of the molecule is Cc1cscc1-c1nn(C)c(N)c1-c1cccs1. The van der Waals surface area contributed by atoms with Gasteiger partial charge in [-0.1, -0.05) is 6.07 Å². The van der Waals surface area contributed by atoms with E-state index >= 15 is 0 Å². The van der Waals surface area contributed by atoms with Crippen LogP contribution in [-0.4, -0.2) is 9.78 Å². The number of nitrogens with zero attached hydrogens (tertiary/aromatic N) is 2. The zero-order valence-electron chi connectivity index (χ0n) is 10.2. The third-order valence-corrected chi connectivity index (χ3v) is 4.72. The highest BCUT2D eigenvalue weighted by Gasteiger charge is 2.19. The normalized spacial score (nSPS) is 11.0. The predicted octanol–water partition coefficient (Wildman–Crippen LogP) is 3.77. The Morgan fingerprint density at radius 2 is 2.17 bits per heavy atom. The van der Waals surface area contributed by atoms with Gasteiger partial charge in [-0.15, -0.1) is 11.3 Å². The van der Waals surface area contributed by atoms with Crippen LogP contribution in [0.25, 0.3) is 21.7 Å². The second-order valence-electron chi connectivity index (χ2n) is 4.18. The van der Waals surface area contributed by atoms with Crippen molar-refractivity contribution in [1.29, 1.82) is 0 Å². The van der Waals surface area contributed by atoms with Crippen LogP contribution >= 0.6 is 22.7 Å². The molecule has 0 atom stereocenters. The molecular formula is C13H13N3S2. The summed E-state index contributed by atoms with van der Waals surface area (Å²) >= 11 is 3.39. The Labute approximate surface area is 114 Å². The third kappa shape index (κ3) is 1.67. The average molecular weight is 275 g/mol. The molecule has 3 aromatic heterocycles. The van der Waals surface area contributed by atoms with Crippen LogP contribution in [-0.2, 0) is 7.05 Å². The predicted molar refractivity (Wildman–Crippen MR) is 79.0 cm³/mol. The van der Waals surface area contributed by atoms with Gasteiger partial charge in [0, 0.05) is 22.9 Å². The first kappa shape index (κ1) is 11.5. The first-order chi connectivity index (χ1) is 8.68. The minimum absolute atomic E-state index is 0.720. The topological polar surface area (TPSA) is 43.8 Å². The smallest absolute Gasteiger partial charge is 0.130 e. The van der Waals surface area contributed by atoms with Crippen LogP contribution in [0, 0.1) is 6.92 Å². The van der Waals surface area contributed by atoms with Gasteiger partial charge < -0.3 is 5.73 Å². The highest BCUT2D eigenvalue weighted by molar-refractivity contribution is 7.13. The van der Waals surface area contributed by atoms with E-state index in [1.807, 2.05) is 13.1 Å². The molecule has 3 rings (SSSR count). The Morgan fingerprint density at radius 1 is 1.33 bits per heavy atom. The van der Waals surface area contributed by atoms with E-state index < -0.39 is 0 Å². The first-order valence-electron chi connectivity index (χ1n) is 5.58. The van der Waals surface area contributed by atoms with Crippen molar-refractivity contribution >= 4 is 28.5 Å². The van der Waals surface area contributed by atoms with Gasteiger partial charge in [0.15, 0.2) is 0 Å². The van der Waals surface area contributed by atoms with Crippen molar-refractivity contribution in [1.82, 2.24) is 9.78 Å². The Hall–Kier alpha value is -1.59. The van der Waals surface area contributed by atoms with E-state index in [0.29, 0.717) is 0 Å². The lowest BCUT2D eigenvalue weighted by Crippen LogP contribution is -1.97. The number of nitrogen functional groups attached to an aromatic ring is 1. The molecule has 3 nitrogen and oxygen atoms in total. The molecule has 0 aromatic carbocycles. The first-order valence-corrected chi connectivity index (χ1v) is 7.40. The molecule has 0 fully saturated rings. The van der Waals surface area contributed by atoms with E-state index in [1.165, 1.54) is 16.0 Å². The lowest BCUT2D eigenvalue weighted by atomic mass is 10.1. The Morgan fingerprint density at radius 3 is 2.78 bits per heavy atom. The largest absolute Gasteiger partial charge is 0.383 e. The second kappa shape index (κ2) is 4.26. The molecule has 0 radical (unpaired) electrons. The number of rotatable bonds is 2. The summed E-state index contributed by atoms with van der Waals surface area (Å²) in [5.41, 5.74) is 10.6. The lowest BCUT2D eigenvalue weighted by molar-refractivity contribution is 0.782. The summed E-state index contributed by atoms with van der Waals surface area (Å²) < 4.78 is 1.75. The lowest BCUT2D eigenvalue weighted by Gasteiger charge is -2.00. The number of thiophene rings is 2. The second-order valence-corrected chi connectivity index (χ2v) is 5.87. The quantitative estimate of drug-likeness (QED) is 0.773. The fourth-order valence-corrected chi connectivity index (χ4v) is 3.61. The zero-order valence-corrected chi connectivity index (χ0v) is 11.8. The summed E-state index contributed by atoms with van der Waals surface area (Å²) in [6, 6.07) is 4.12. The van der Waals surface area contributed by atoms with Crippen molar-refractivity contribution in [2.24, 2.45) is 7.05 Å². The van der Waals surface area contributed by atoms with Gasteiger partial charge in [-0.2, -0.15) is 16.4 Å². The van der Waals surface area contributed by atoms with Gasteiger partial charge in [0.1, 0.15) is 11.5 Å². The van der Waals surface area contributed by atoms with Crippen molar-refractivity contribution in [2.45, 2.75) is 6.92 Å². The Bertz CT molecular complexity index is 677. The molecule has 0 unspecified atom stereocenters. The van der Waals surface area contributed by atoms with Crippen LogP contribution in [0.5, 0.6) is 0 Å². The van der Waals surface area contributed by atoms with Gasteiger partial charge in [0.25, 0.3) is 0 Å². The van der Waals surface area contributed by atoms with E-state index in [4.69, 9.17) is 5.73 Å². The van der Waals surface area contributed by atoms with E-state index in [1.54, 1.807) is 27.4 Å².